The summed E-state index contributed by atoms with van der Waals surface area (Å²) in [5.41, 5.74) is 1.07. The number of methoxy groups -OCH3 is 2. The summed E-state index contributed by atoms with van der Waals surface area (Å²) < 4.78 is 15.6. The molecule has 0 aliphatic carbocycles. The molecule has 2 aromatic heterocycles. The maximum atomic E-state index is 12.3. The number of ether oxygens (including phenoxy) is 2. The molecule has 0 fully saturated rings. The number of anilines is 1. The first-order valence-corrected chi connectivity index (χ1v) is 8.44. The highest BCUT2D eigenvalue weighted by Crippen LogP contribution is 2.35. The molecule has 1 N–H and O–H groups in total. The second-order valence-electron chi connectivity index (χ2n) is 5.46. The number of nitrogens with zero attached hydrogens (tertiary/aromatic N) is 3. The van der Waals surface area contributed by atoms with Gasteiger partial charge in [0.05, 0.1) is 24.9 Å². The molecule has 3 rings (SSSR count). The number of aryl methyl sites for hydroxylation is 1. The van der Waals surface area contributed by atoms with E-state index in [-0.39, 0.29) is 12.3 Å². The maximum absolute atomic E-state index is 12.3. The van der Waals surface area contributed by atoms with Gasteiger partial charge in [-0.3, -0.25) is 9.78 Å². The van der Waals surface area contributed by atoms with E-state index in [2.05, 4.69) is 20.4 Å². The monoisotopic (exact) mass is 388 g/mol. The van der Waals surface area contributed by atoms with Gasteiger partial charge >= 0.3 is 0 Å². The molecule has 0 aliphatic rings. The number of halogens is 1. The number of nitrogens with one attached hydrogen (secondary N) is 1. The lowest BCUT2D eigenvalue weighted by atomic mass is 10.2. The Balaban J connectivity index is 1.63. The second-order valence-corrected chi connectivity index (χ2v) is 5.87. The van der Waals surface area contributed by atoms with Crippen molar-refractivity contribution in [2.75, 3.05) is 19.5 Å². The molecule has 9 heteroatoms. The Morgan fingerprint density at radius 3 is 2.74 bits per heavy atom. The van der Waals surface area contributed by atoms with Gasteiger partial charge in [0.2, 0.25) is 17.6 Å². The van der Waals surface area contributed by atoms with Gasteiger partial charge in [0.15, 0.2) is 0 Å². The van der Waals surface area contributed by atoms with E-state index in [0.717, 1.165) is 0 Å². The third kappa shape index (κ3) is 4.53. The van der Waals surface area contributed by atoms with E-state index in [1.807, 2.05) is 6.07 Å². The summed E-state index contributed by atoms with van der Waals surface area (Å²) in [7, 11) is 2.99. The van der Waals surface area contributed by atoms with Crippen molar-refractivity contribution in [3.05, 3.63) is 47.4 Å². The van der Waals surface area contributed by atoms with E-state index in [1.165, 1.54) is 14.2 Å². The molecule has 2 heterocycles. The Labute approximate surface area is 160 Å². The van der Waals surface area contributed by atoms with E-state index in [1.54, 1.807) is 30.5 Å². The smallest absolute Gasteiger partial charge is 0.227 e. The van der Waals surface area contributed by atoms with Crippen molar-refractivity contribution in [2.24, 2.45) is 0 Å². The fourth-order valence-electron chi connectivity index (χ4n) is 2.35. The Kier molecular flexibility index (Phi) is 5.87. The van der Waals surface area contributed by atoms with Gasteiger partial charge in [0.25, 0.3) is 0 Å². The molecule has 140 valence electrons. The lowest BCUT2D eigenvalue weighted by Crippen LogP contribution is -2.13. The fraction of sp³-hybridized carbons (Fsp3) is 0.222. The van der Waals surface area contributed by atoms with Crippen LogP contribution in [0.25, 0.3) is 11.5 Å². The largest absolute Gasteiger partial charge is 0.495 e. The number of carbonyl (C=O) groups excluding carboxylic acids is 1. The molecular weight excluding hydrogens is 372 g/mol. The molecule has 0 aliphatic heterocycles. The van der Waals surface area contributed by atoms with Crippen molar-refractivity contribution in [3.8, 4) is 23.0 Å². The number of aromatic nitrogens is 3. The van der Waals surface area contributed by atoms with Crippen LogP contribution < -0.4 is 14.8 Å². The van der Waals surface area contributed by atoms with Gasteiger partial charge in [0, 0.05) is 31.2 Å². The minimum atomic E-state index is -0.240. The lowest BCUT2D eigenvalue weighted by Gasteiger charge is -2.12. The summed E-state index contributed by atoms with van der Waals surface area (Å²) in [5, 5.41) is 7.03. The number of hydrogen-bond acceptors (Lipinski definition) is 7. The first kappa shape index (κ1) is 18.7. The Morgan fingerprint density at radius 1 is 1.22 bits per heavy atom. The van der Waals surface area contributed by atoms with Crippen LogP contribution in [0.1, 0.15) is 12.3 Å². The molecular formula is C18H17ClN4O4. The van der Waals surface area contributed by atoms with Crippen LogP contribution in [-0.2, 0) is 11.2 Å². The molecule has 3 aromatic rings. The molecule has 0 unspecified atom stereocenters. The molecule has 0 saturated carbocycles. The Hall–Kier alpha value is -3.13. The highest BCUT2D eigenvalue weighted by atomic mass is 35.5. The highest BCUT2D eigenvalue weighted by molar-refractivity contribution is 6.32. The summed E-state index contributed by atoms with van der Waals surface area (Å²) in [4.78, 5) is 20.7. The highest BCUT2D eigenvalue weighted by Gasteiger charge is 2.15. The zero-order valence-electron chi connectivity index (χ0n) is 14.7. The number of amides is 1. The first-order valence-electron chi connectivity index (χ1n) is 8.06. The quantitative estimate of drug-likeness (QED) is 0.662. The van der Waals surface area contributed by atoms with Gasteiger partial charge in [-0.25, -0.2) is 0 Å². The number of pyridine rings is 1. The molecule has 27 heavy (non-hydrogen) atoms. The average Bonchev–Trinajstić information content (AvgIpc) is 3.17. The van der Waals surface area contributed by atoms with Crippen molar-refractivity contribution in [2.45, 2.75) is 12.8 Å². The van der Waals surface area contributed by atoms with Crippen LogP contribution in [0.4, 0.5) is 5.69 Å². The van der Waals surface area contributed by atoms with Crippen molar-refractivity contribution >= 4 is 23.2 Å². The van der Waals surface area contributed by atoms with Gasteiger partial charge in [0.1, 0.15) is 17.2 Å². The predicted molar refractivity (Wildman–Crippen MR) is 99.0 cm³/mol. The van der Waals surface area contributed by atoms with Crippen molar-refractivity contribution < 1.29 is 18.8 Å². The Bertz CT molecular complexity index is 930. The maximum Gasteiger partial charge on any atom is 0.227 e. The van der Waals surface area contributed by atoms with E-state index in [4.69, 9.17) is 25.6 Å². The number of benzene rings is 1. The molecule has 0 bridgehead atoms. The summed E-state index contributed by atoms with van der Waals surface area (Å²) in [5.74, 6) is 1.37. The summed E-state index contributed by atoms with van der Waals surface area (Å²) in [6, 6.07) is 8.59. The third-order valence-corrected chi connectivity index (χ3v) is 3.97. The van der Waals surface area contributed by atoms with Gasteiger partial charge in [-0.15, -0.1) is 0 Å². The first-order chi connectivity index (χ1) is 13.1. The van der Waals surface area contributed by atoms with Crippen molar-refractivity contribution in [3.63, 3.8) is 0 Å². The fourth-order valence-corrected chi connectivity index (χ4v) is 2.58. The predicted octanol–water partition coefficient (Wildman–Crippen LogP) is 3.37. The molecule has 0 spiro atoms. The van der Waals surface area contributed by atoms with Crippen LogP contribution in [0.3, 0.4) is 0 Å². The molecule has 1 amide bonds. The summed E-state index contributed by atoms with van der Waals surface area (Å²) in [6.45, 7) is 0. The minimum Gasteiger partial charge on any atom is -0.495 e. The summed E-state index contributed by atoms with van der Waals surface area (Å²) >= 11 is 6.06. The van der Waals surface area contributed by atoms with Crippen molar-refractivity contribution in [1.82, 2.24) is 15.1 Å². The van der Waals surface area contributed by atoms with Gasteiger partial charge in [-0.1, -0.05) is 22.8 Å². The summed E-state index contributed by atoms with van der Waals surface area (Å²) in [6.07, 6.45) is 2.09. The molecule has 8 nitrogen and oxygen atoms in total. The van der Waals surface area contributed by atoms with Crippen LogP contribution in [-0.4, -0.2) is 35.3 Å². The topological polar surface area (TPSA) is 99.4 Å². The molecule has 0 saturated heterocycles. The van der Waals surface area contributed by atoms with Crippen LogP contribution in [0, 0.1) is 0 Å². The van der Waals surface area contributed by atoms with Crippen LogP contribution in [0.2, 0.25) is 5.02 Å². The lowest BCUT2D eigenvalue weighted by molar-refractivity contribution is -0.116. The molecule has 0 atom stereocenters. The minimum absolute atomic E-state index is 0.151. The van der Waals surface area contributed by atoms with Crippen LogP contribution in [0.5, 0.6) is 11.5 Å². The third-order valence-electron chi connectivity index (χ3n) is 3.68. The van der Waals surface area contributed by atoms with Gasteiger partial charge < -0.3 is 19.3 Å². The van der Waals surface area contributed by atoms with E-state index < -0.39 is 0 Å². The SMILES string of the molecule is COc1cc(NC(=O)CCc2nc(-c3ccccn3)no2)c(OC)cc1Cl. The normalized spacial score (nSPS) is 10.5. The van der Waals surface area contributed by atoms with Gasteiger partial charge in [-0.05, 0) is 12.1 Å². The van der Waals surface area contributed by atoms with Crippen LogP contribution in [0.15, 0.2) is 41.1 Å². The van der Waals surface area contributed by atoms with E-state index in [0.29, 0.717) is 46.0 Å². The standard InChI is InChI=1S/C18H17ClN4O4/c1-25-14-10-13(15(26-2)9-11(14)19)21-16(24)6-7-17-22-18(23-27-17)12-5-3-4-8-20-12/h3-5,8-10H,6-7H2,1-2H3,(H,21,24). The van der Waals surface area contributed by atoms with Crippen molar-refractivity contribution in [1.29, 1.82) is 0 Å². The second kappa shape index (κ2) is 8.50. The zero-order valence-corrected chi connectivity index (χ0v) is 15.5. The molecule has 1 aromatic carbocycles. The van der Waals surface area contributed by atoms with E-state index in [9.17, 15) is 4.79 Å². The zero-order chi connectivity index (χ0) is 19.2. The number of hydrogen-bond donors (Lipinski definition) is 1. The van der Waals surface area contributed by atoms with Gasteiger partial charge in [-0.2, -0.15) is 4.98 Å². The van der Waals surface area contributed by atoms with Crippen LogP contribution >= 0.6 is 11.6 Å². The number of rotatable bonds is 7. The molecule has 0 radical (unpaired) electrons. The number of carbonyl (C=O) groups is 1. The van der Waals surface area contributed by atoms with E-state index >= 15 is 0 Å². The average molecular weight is 389 g/mol. The Morgan fingerprint density at radius 2 is 2.04 bits per heavy atom.